The molecule has 9 N–H and O–H groups in total. The number of hydrogen-bond acceptors (Lipinski definition) is 15. The zero-order valence-electron chi connectivity index (χ0n) is 75.4. The standard InChI is InChI=1S/2C23H17BN2O3.C23H15BrN2O.C17H11BrN2.C11H8N2.C6H4BrF.C6H5BrO.C6H7NO/c2*27-24(28)16-6-3-8-18(14-16)29-19-9-4-7-17(15-19)26-22-12-2-1-10-20(22)21-11-5-13-25-23(21)26;24-16-6-3-8-18(14-16)27-19-9-4-7-17(15-19)26-22-12-2-1-10-20(22)21-11-5-13-25-23(21)26;18-12-5-3-6-13(11-12)20-16-9-2-1-7-14(16)15-8-4-10-19-17(15)20;1-2-6-10-8(4-1)9-5-3-7-12-11(9)13-10;2*7-5-2-1-3-6(8)4-5;7-5-3-1-2-4-6(5)8/h2*1-15,27-28H;1-15H;1-11H;1-7H,(H,12,13);1-4H;1-4,8H;1-4,8H,7H2. The molecule has 0 aliphatic rings. The van der Waals surface area contributed by atoms with Gasteiger partial charge in [0.2, 0.25) is 0 Å². The maximum Gasteiger partial charge on any atom is 0.488 e. The lowest BCUT2D eigenvalue weighted by Crippen LogP contribution is -2.29. The van der Waals surface area contributed by atoms with Crippen molar-refractivity contribution in [2.75, 3.05) is 5.73 Å². The van der Waals surface area contributed by atoms with Crippen LogP contribution in [0.25, 0.3) is 132 Å². The molecule has 0 fully saturated rings. The van der Waals surface area contributed by atoms with E-state index < -0.39 is 14.2 Å². The number of rotatable bonds is 12. The number of hydrogen-bond donors (Lipinski definition) is 8. The molecule has 0 bridgehead atoms. The number of phenols is 2. The Morgan fingerprint density at radius 2 is 0.570 bits per heavy atom. The second-order valence-electron chi connectivity index (χ2n) is 32.1. The van der Waals surface area contributed by atoms with Crippen molar-refractivity contribution in [3.63, 3.8) is 0 Å². The van der Waals surface area contributed by atoms with Crippen molar-refractivity contribution >= 4 is 204 Å². The first-order valence-electron chi connectivity index (χ1n) is 44.7. The molecule has 0 radical (unpaired) electrons. The minimum atomic E-state index is -1.53. The molecule has 694 valence electrons. The van der Waals surface area contributed by atoms with Crippen molar-refractivity contribution in [2.45, 2.75) is 0 Å². The van der Waals surface area contributed by atoms with Crippen molar-refractivity contribution in [1.82, 2.24) is 48.2 Å². The quantitative estimate of drug-likeness (QED) is 0.0321. The number of aromatic nitrogens is 10. The number of nitrogens with zero attached hydrogens (tertiary/aromatic N) is 9. The van der Waals surface area contributed by atoms with Crippen LogP contribution in [0.4, 0.5) is 10.1 Å². The van der Waals surface area contributed by atoms with Gasteiger partial charge in [0.1, 0.15) is 80.0 Å². The number of phenolic OH excluding ortho intramolecular Hbond substituents is 2. The molecule has 0 atom stereocenters. The largest absolute Gasteiger partial charge is 0.508 e. The molecule has 0 aliphatic heterocycles. The molecule has 27 heteroatoms. The number of halogens is 5. The van der Waals surface area contributed by atoms with E-state index >= 15 is 0 Å². The van der Waals surface area contributed by atoms with Gasteiger partial charge in [0.05, 0.1) is 44.8 Å². The summed E-state index contributed by atoms with van der Waals surface area (Å²) in [4.78, 5) is 25.9. The molecule has 0 saturated heterocycles. The number of nitrogens with two attached hydrogens (primary N) is 1. The van der Waals surface area contributed by atoms with Crippen molar-refractivity contribution in [3.8, 4) is 68.7 Å². The van der Waals surface area contributed by atoms with E-state index in [1.807, 2.05) is 188 Å². The van der Waals surface area contributed by atoms with E-state index in [-0.39, 0.29) is 11.6 Å². The summed E-state index contributed by atoms with van der Waals surface area (Å²) >= 11 is 13.3. The Kier molecular flexibility index (Phi) is 30.5. The van der Waals surface area contributed by atoms with Gasteiger partial charge in [-0.3, -0.25) is 18.3 Å². The Morgan fingerprint density at radius 1 is 0.268 bits per heavy atom. The predicted octanol–water partition coefficient (Wildman–Crippen LogP) is 27.4. The van der Waals surface area contributed by atoms with Crippen molar-refractivity contribution in [3.05, 3.63) is 479 Å². The Balaban J connectivity index is 0.000000112. The Labute approximate surface area is 848 Å². The highest BCUT2D eigenvalue weighted by Crippen LogP contribution is 2.39. The second kappa shape index (κ2) is 45.1. The van der Waals surface area contributed by atoms with Gasteiger partial charge in [-0.25, -0.2) is 29.3 Å². The molecule has 20 nitrogen and oxygen atoms in total. The van der Waals surface area contributed by atoms with Crippen molar-refractivity contribution < 1.29 is 48.9 Å². The van der Waals surface area contributed by atoms with Gasteiger partial charge in [0.25, 0.3) is 0 Å². The monoisotopic (exact) mass is 2120 g/mol. The van der Waals surface area contributed by atoms with E-state index in [4.69, 9.17) is 30.2 Å². The van der Waals surface area contributed by atoms with E-state index in [0.29, 0.717) is 45.4 Å². The van der Waals surface area contributed by atoms with Crippen LogP contribution in [0.3, 0.4) is 0 Å². The molecule has 15 aromatic carbocycles. The van der Waals surface area contributed by atoms with Gasteiger partial charge in [-0.15, -0.1) is 0 Å². The predicted molar refractivity (Wildman–Crippen MR) is 585 cm³/mol. The fraction of sp³-hybridized carbons (Fsp3) is 0. The average Bonchev–Trinajstić information content (AvgIpc) is 1.61. The molecule has 25 rings (SSSR count). The van der Waals surface area contributed by atoms with Crippen LogP contribution in [-0.4, -0.2) is 92.7 Å². The molecule has 10 heterocycles. The van der Waals surface area contributed by atoms with Gasteiger partial charge in [-0.1, -0.05) is 234 Å². The van der Waals surface area contributed by atoms with Gasteiger partial charge in [-0.05, 0) is 248 Å². The third-order valence-corrected chi connectivity index (χ3v) is 24.6. The smallest absolute Gasteiger partial charge is 0.488 e. The number of nitrogens with one attached hydrogen (secondary N) is 1. The summed E-state index contributed by atoms with van der Waals surface area (Å²) < 4.78 is 42.5. The van der Waals surface area contributed by atoms with Crippen LogP contribution in [0.5, 0.6) is 46.0 Å². The van der Waals surface area contributed by atoms with Crippen LogP contribution in [0.15, 0.2) is 474 Å². The van der Waals surface area contributed by atoms with Crippen LogP contribution in [0.1, 0.15) is 0 Å². The van der Waals surface area contributed by atoms with Gasteiger partial charge >= 0.3 is 14.2 Å². The third kappa shape index (κ3) is 22.6. The first-order chi connectivity index (χ1) is 69.4. The topological polar surface area (TPSA) is 275 Å². The minimum absolute atomic E-state index is 0.146. The Morgan fingerprint density at radius 3 is 0.923 bits per heavy atom. The summed E-state index contributed by atoms with van der Waals surface area (Å²) in [5.74, 6) is 4.17. The molecule has 0 spiro atoms. The first-order valence-corrected chi connectivity index (χ1v) is 47.9. The van der Waals surface area contributed by atoms with Crippen molar-refractivity contribution in [1.29, 1.82) is 0 Å². The van der Waals surface area contributed by atoms with Crippen LogP contribution < -0.4 is 30.9 Å². The lowest BCUT2D eigenvalue weighted by Gasteiger charge is -2.11. The summed E-state index contributed by atoms with van der Waals surface area (Å²) in [7, 11) is -3.07. The summed E-state index contributed by atoms with van der Waals surface area (Å²) in [6, 6.07) is 135. The molecular formula is C115H84B2Br4FN11O9. The van der Waals surface area contributed by atoms with E-state index in [9.17, 15) is 24.5 Å². The molecule has 25 aromatic rings. The first kappa shape index (κ1) is 96.0. The maximum atomic E-state index is 12.1. The number of aromatic amines is 1. The van der Waals surface area contributed by atoms with E-state index in [1.165, 1.54) is 44.6 Å². The number of para-hydroxylation sites is 7. The number of ether oxygens (including phenoxy) is 3. The van der Waals surface area contributed by atoms with Crippen LogP contribution in [0.2, 0.25) is 0 Å². The minimum Gasteiger partial charge on any atom is -0.508 e. The van der Waals surface area contributed by atoms with Crippen molar-refractivity contribution in [2.24, 2.45) is 0 Å². The van der Waals surface area contributed by atoms with E-state index in [1.54, 1.807) is 122 Å². The lowest BCUT2D eigenvalue weighted by atomic mass is 9.80. The van der Waals surface area contributed by atoms with Crippen LogP contribution in [-0.2, 0) is 0 Å². The molecule has 0 amide bonds. The van der Waals surface area contributed by atoms with E-state index in [2.05, 4.69) is 245 Å². The summed E-state index contributed by atoms with van der Waals surface area (Å²) in [5.41, 5.74) is 20.7. The van der Waals surface area contributed by atoms with Gasteiger partial charge < -0.3 is 55.2 Å². The summed E-state index contributed by atoms with van der Waals surface area (Å²) in [5, 5.41) is 66.7. The second-order valence-corrected chi connectivity index (χ2v) is 35.7. The molecule has 0 saturated carbocycles. The normalized spacial score (nSPS) is 10.8. The molecule has 0 aliphatic carbocycles. The zero-order chi connectivity index (χ0) is 98.0. The summed E-state index contributed by atoms with van der Waals surface area (Å²) in [6.45, 7) is 0. The highest BCUT2D eigenvalue weighted by atomic mass is 79.9. The molecule has 10 aromatic heterocycles. The molecular weight excluding hydrogens is 2040 g/mol. The number of fused-ring (bicyclic) bond motifs is 15. The summed E-state index contributed by atoms with van der Waals surface area (Å²) in [6.07, 6.45) is 9.07. The number of nitrogen functional groups attached to an aromatic ring is 1. The highest BCUT2D eigenvalue weighted by Gasteiger charge is 2.21. The Bertz CT molecular complexity index is 8200. The number of H-pyrrole nitrogens is 1. The fourth-order valence-corrected chi connectivity index (χ4v) is 17.9. The van der Waals surface area contributed by atoms with E-state index in [0.717, 1.165) is 129 Å². The van der Waals surface area contributed by atoms with Gasteiger partial charge in [0, 0.05) is 132 Å². The highest BCUT2D eigenvalue weighted by molar-refractivity contribution is 9.11. The fourth-order valence-electron chi connectivity index (χ4n) is 16.4. The number of pyridine rings is 5. The molecule has 0 unspecified atom stereocenters. The van der Waals surface area contributed by atoms with Crippen LogP contribution in [0, 0.1) is 5.82 Å². The lowest BCUT2D eigenvalue weighted by molar-refractivity contribution is 0.424. The number of benzene rings is 15. The SMILES string of the molecule is Brc1cccc(-n2c3ccccc3c3cccnc32)c1.Brc1cccc(Oc2cccc(-n3c4ccccc4c4cccnc43)c2)c1.Fc1cccc(Br)c1.Nc1ccccc1O.OB(O)c1cccc(Oc2cccc(-n3c4ccccc4c4cccnc43)c2)c1.OB(O)c1cccc(Oc2cccc(-n3c4ccccc4c4cccnc43)c2)c1.Oc1cccc(Br)c1.c1ccc2c(c1)[nH]c1ncccc12. The average molecular weight is 2120 g/mol. The molecule has 142 heavy (non-hydrogen) atoms. The zero-order valence-corrected chi connectivity index (χ0v) is 81.7. The van der Waals surface area contributed by atoms with Crippen LogP contribution >= 0.6 is 63.7 Å². The third-order valence-electron chi connectivity index (χ3n) is 22.7. The number of anilines is 1. The van der Waals surface area contributed by atoms with Gasteiger partial charge in [-0.2, -0.15) is 0 Å². The Hall–Kier alpha value is -16.3. The van der Waals surface area contributed by atoms with Gasteiger partial charge in [0.15, 0.2) is 0 Å². The maximum absolute atomic E-state index is 12.1. The number of aromatic hydroxyl groups is 2.